The molecule has 1 aromatic heterocycles. The number of carbonyl (C=O) groups is 1. The van der Waals surface area contributed by atoms with Crippen molar-refractivity contribution >= 4 is 16.7 Å². The highest BCUT2D eigenvalue weighted by Gasteiger charge is 2.17. The van der Waals surface area contributed by atoms with Gasteiger partial charge in [0.1, 0.15) is 0 Å². The van der Waals surface area contributed by atoms with Crippen LogP contribution in [-0.4, -0.2) is 21.2 Å². The van der Waals surface area contributed by atoms with Crippen molar-refractivity contribution in [2.45, 2.75) is 45.7 Å². The lowest BCUT2D eigenvalue weighted by atomic mass is 10.0. The molecular weight excluding hydrogens is 282 g/mol. The molecule has 0 aliphatic heterocycles. The fourth-order valence-corrected chi connectivity index (χ4v) is 2.15. The summed E-state index contributed by atoms with van der Waals surface area (Å²) in [5, 5.41) is 6.14. The molecule has 0 unspecified atom stereocenters. The van der Waals surface area contributed by atoms with E-state index >= 15 is 0 Å². The monoisotopic (exact) mass is 303 g/mol. The predicted octanol–water partition coefficient (Wildman–Crippen LogP) is 1.38. The number of fused-ring (bicyclic) bond motifs is 1. The first-order valence-corrected chi connectivity index (χ1v) is 7.37. The number of hydrogen-bond donors (Lipinski definition) is 2. The van der Waals surface area contributed by atoms with E-state index < -0.39 is 0 Å². The number of amides is 1. The van der Waals surface area contributed by atoms with Gasteiger partial charge in [-0.3, -0.25) is 19.5 Å². The molecule has 0 radical (unpaired) electrons. The molecule has 0 saturated carbocycles. The molecule has 6 heteroatoms. The average Bonchev–Trinajstić information content (AvgIpc) is 2.49. The van der Waals surface area contributed by atoms with Gasteiger partial charge in [0, 0.05) is 12.0 Å². The van der Waals surface area contributed by atoms with E-state index in [1.807, 2.05) is 20.8 Å². The van der Waals surface area contributed by atoms with Crippen LogP contribution in [0.5, 0.6) is 0 Å². The Labute approximate surface area is 128 Å². The van der Waals surface area contributed by atoms with Gasteiger partial charge in [-0.05, 0) is 32.4 Å². The van der Waals surface area contributed by atoms with Gasteiger partial charge in [-0.15, -0.1) is 0 Å². The third-order valence-corrected chi connectivity index (χ3v) is 3.81. The predicted molar refractivity (Wildman–Crippen MR) is 86.0 cm³/mol. The number of benzene rings is 1. The highest BCUT2D eigenvalue weighted by Crippen LogP contribution is 2.07. The van der Waals surface area contributed by atoms with Crippen LogP contribution in [-0.2, 0) is 11.3 Å². The summed E-state index contributed by atoms with van der Waals surface area (Å²) in [4.78, 5) is 36.2. The molecule has 2 N–H and O–H groups in total. The Morgan fingerprint density at radius 1 is 1.23 bits per heavy atom. The van der Waals surface area contributed by atoms with Crippen molar-refractivity contribution in [1.29, 1.82) is 0 Å². The number of rotatable bonds is 5. The fourth-order valence-electron chi connectivity index (χ4n) is 2.15. The molecule has 2 aromatic rings. The van der Waals surface area contributed by atoms with Gasteiger partial charge in [0.15, 0.2) is 0 Å². The van der Waals surface area contributed by atoms with Gasteiger partial charge in [-0.25, -0.2) is 4.68 Å². The second-order valence-electron chi connectivity index (χ2n) is 5.98. The molecule has 0 bridgehead atoms. The standard InChI is InChI=1S/C16H21N3O3/c1-4-16(2,3)17-13(20)9-10-19-15(22)12-8-6-5-7-11(12)14(21)18-19/h5-8H,4,9-10H2,1-3H3,(H,17,20)(H,18,21). The van der Waals surface area contributed by atoms with Crippen LogP contribution < -0.4 is 16.4 Å². The first-order valence-electron chi connectivity index (χ1n) is 7.37. The van der Waals surface area contributed by atoms with E-state index in [0.717, 1.165) is 6.42 Å². The van der Waals surface area contributed by atoms with E-state index in [1.54, 1.807) is 24.3 Å². The van der Waals surface area contributed by atoms with E-state index in [1.165, 1.54) is 4.68 Å². The smallest absolute Gasteiger partial charge is 0.273 e. The number of nitrogens with one attached hydrogen (secondary N) is 2. The Morgan fingerprint density at radius 3 is 2.50 bits per heavy atom. The zero-order valence-corrected chi connectivity index (χ0v) is 13.1. The van der Waals surface area contributed by atoms with Crippen LogP contribution in [0.15, 0.2) is 33.9 Å². The Hall–Kier alpha value is -2.37. The Kier molecular flexibility index (Phi) is 4.49. The van der Waals surface area contributed by atoms with Crippen LogP contribution in [0.4, 0.5) is 0 Å². The van der Waals surface area contributed by atoms with E-state index in [9.17, 15) is 14.4 Å². The minimum absolute atomic E-state index is 0.137. The summed E-state index contributed by atoms with van der Waals surface area (Å²) < 4.78 is 1.20. The minimum atomic E-state index is -0.329. The first kappa shape index (κ1) is 16.0. The van der Waals surface area contributed by atoms with Crippen LogP contribution in [0.3, 0.4) is 0 Å². The van der Waals surface area contributed by atoms with Crippen molar-refractivity contribution in [3.05, 3.63) is 45.0 Å². The summed E-state index contributed by atoms with van der Waals surface area (Å²) in [7, 11) is 0. The van der Waals surface area contributed by atoms with E-state index in [-0.39, 0.29) is 35.5 Å². The van der Waals surface area contributed by atoms with Crippen molar-refractivity contribution in [3.8, 4) is 0 Å². The van der Waals surface area contributed by atoms with E-state index in [4.69, 9.17) is 0 Å². The third-order valence-electron chi connectivity index (χ3n) is 3.81. The number of carbonyl (C=O) groups excluding carboxylic acids is 1. The summed E-state index contributed by atoms with van der Waals surface area (Å²) >= 11 is 0. The maximum atomic E-state index is 12.3. The van der Waals surface area contributed by atoms with Gasteiger partial charge in [0.05, 0.1) is 17.3 Å². The molecule has 1 heterocycles. The molecule has 1 amide bonds. The SMILES string of the molecule is CCC(C)(C)NC(=O)CCn1[nH]c(=O)c2ccccc2c1=O. The molecule has 0 aliphatic rings. The van der Waals surface area contributed by atoms with Crippen LogP contribution >= 0.6 is 0 Å². The van der Waals surface area contributed by atoms with Gasteiger partial charge >= 0.3 is 0 Å². The zero-order valence-electron chi connectivity index (χ0n) is 13.1. The van der Waals surface area contributed by atoms with Crippen molar-refractivity contribution in [2.75, 3.05) is 0 Å². The van der Waals surface area contributed by atoms with Crippen LogP contribution in [0.1, 0.15) is 33.6 Å². The Morgan fingerprint density at radius 2 is 1.86 bits per heavy atom. The third kappa shape index (κ3) is 3.44. The number of aromatic nitrogens is 2. The maximum Gasteiger partial charge on any atom is 0.273 e. The number of aromatic amines is 1. The van der Waals surface area contributed by atoms with Gasteiger partial charge in [-0.2, -0.15) is 0 Å². The largest absolute Gasteiger partial charge is 0.351 e. The summed E-state index contributed by atoms with van der Waals surface area (Å²) in [5.74, 6) is -0.146. The normalized spacial score (nSPS) is 11.6. The minimum Gasteiger partial charge on any atom is -0.351 e. The molecule has 0 saturated heterocycles. The van der Waals surface area contributed by atoms with Gasteiger partial charge in [-0.1, -0.05) is 19.1 Å². The van der Waals surface area contributed by atoms with Gasteiger partial charge in [0.25, 0.3) is 11.1 Å². The Balaban J connectivity index is 2.20. The molecule has 1 aromatic carbocycles. The zero-order chi connectivity index (χ0) is 16.3. The summed E-state index contributed by atoms with van der Waals surface area (Å²) in [6.45, 7) is 6.01. The molecule has 0 atom stereocenters. The van der Waals surface area contributed by atoms with Crippen molar-refractivity contribution in [1.82, 2.24) is 15.1 Å². The van der Waals surface area contributed by atoms with Crippen molar-refractivity contribution in [2.24, 2.45) is 0 Å². The molecule has 6 nitrogen and oxygen atoms in total. The first-order chi connectivity index (χ1) is 10.3. The molecule has 0 fully saturated rings. The van der Waals surface area contributed by atoms with Crippen LogP contribution in [0, 0.1) is 0 Å². The lowest BCUT2D eigenvalue weighted by Crippen LogP contribution is -2.43. The van der Waals surface area contributed by atoms with E-state index in [0.29, 0.717) is 10.8 Å². The average molecular weight is 303 g/mol. The molecular formula is C16H21N3O3. The lowest BCUT2D eigenvalue weighted by Gasteiger charge is -2.24. The lowest BCUT2D eigenvalue weighted by molar-refractivity contribution is -0.123. The summed E-state index contributed by atoms with van der Waals surface area (Å²) in [5.41, 5.74) is -0.902. The molecule has 0 aliphatic carbocycles. The van der Waals surface area contributed by atoms with E-state index in [2.05, 4.69) is 10.4 Å². The summed E-state index contributed by atoms with van der Waals surface area (Å²) in [6.07, 6.45) is 0.948. The fraction of sp³-hybridized carbons (Fsp3) is 0.438. The second kappa shape index (κ2) is 6.17. The number of H-pyrrole nitrogens is 1. The number of aryl methyl sites for hydroxylation is 1. The van der Waals surface area contributed by atoms with Gasteiger partial charge < -0.3 is 5.32 Å². The highest BCUT2D eigenvalue weighted by molar-refractivity contribution is 5.80. The number of nitrogens with zero attached hydrogens (tertiary/aromatic N) is 1. The highest BCUT2D eigenvalue weighted by atomic mass is 16.2. The quantitative estimate of drug-likeness (QED) is 0.875. The molecule has 22 heavy (non-hydrogen) atoms. The number of hydrogen-bond acceptors (Lipinski definition) is 3. The Bertz CT molecular complexity index is 802. The molecule has 0 spiro atoms. The molecule has 118 valence electrons. The summed E-state index contributed by atoms with van der Waals surface area (Å²) in [6, 6.07) is 6.64. The van der Waals surface area contributed by atoms with Crippen molar-refractivity contribution < 1.29 is 4.79 Å². The second-order valence-corrected chi connectivity index (χ2v) is 5.98. The van der Waals surface area contributed by atoms with Gasteiger partial charge in [0.2, 0.25) is 5.91 Å². The topological polar surface area (TPSA) is 84.0 Å². The maximum absolute atomic E-state index is 12.3. The van der Waals surface area contributed by atoms with Crippen molar-refractivity contribution in [3.63, 3.8) is 0 Å². The van der Waals surface area contributed by atoms with Crippen LogP contribution in [0.25, 0.3) is 10.8 Å². The molecule has 2 rings (SSSR count). The van der Waals surface area contributed by atoms with Crippen LogP contribution in [0.2, 0.25) is 0 Å².